The third-order valence-electron chi connectivity index (χ3n) is 10.3. The Bertz CT molecular complexity index is 766. The van der Waals surface area contributed by atoms with Gasteiger partial charge in [0, 0.05) is 11.8 Å². The summed E-state index contributed by atoms with van der Waals surface area (Å²) >= 11 is 0. The van der Waals surface area contributed by atoms with Crippen LogP contribution in [0.3, 0.4) is 0 Å². The first-order chi connectivity index (χ1) is 15.4. The Hall–Kier alpha value is -0.870. The fourth-order valence-electron chi connectivity index (χ4n) is 8.56. The van der Waals surface area contributed by atoms with E-state index in [-0.39, 0.29) is 23.5 Å². The molecule has 4 heteroatoms. The molecule has 0 amide bonds. The van der Waals surface area contributed by atoms with Gasteiger partial charge in [-0.05, 0) is 113 Å². The highest BCUT2D eigenvalue weighted by Crippen LogP contribution is 2.67. The maximum Gasteiger partial charge on any atom is 0.303 e. The molecule has 0 saturated heterocycles. The van der Waals surface area contributed by atoms with Crippen molar-refractivity contribution in [2.75, 3.05) is 0 Å². The van der Waals surface area contributed by atoms with Crippen molar-refractivity contribution in [3.63, 3.8) is 0 Å². The van der Waals surface area contributed by atoms with Crippen molar-refractivity contribution in [1.82, 2.24) is 0 Å². The molecule has 188 valence electrons. The molecular weight excluding hydrogens is 412 g/mol. The van der Waals surface area contributed by atoms with Crippen LogP contribution in [0.15, 0.2) is 11.6 Å². The van der Waals surface area contributed by atoms with Gasteiger partial charge in [-0.1, -0.05) is 39.3 Å². The molecule has 4 rings (SSSR count). The molecule has 1 unspecified atom stereocenters. The summed E-state index contributed by atoms with van der Waals surface area (Å²) in [5.74, 6) is 3.03. The minimum Gasteiger partial charge on any atom is -0.481 e. The second-order valence-corrected chi connectivity index (χ2v) is 13.6. The second-order valence-electron chi connectivity index (χ2n) is 13.6. The minimum absolute atomic E-state index is 0.0114. The maximum atomic E-state index is 11.3. The van der Waals surface area contributed by atoms with E-state index in [0.717, 1.165) is 18.3 Å². The quantitative estimate of drug-likeness (QED) is 0.254. The number of fused-ring (bicyclic) bond motifs is 5. The van der Waals surface area contributed by atoms with Crippen LogP contribution in [0.5, 0.6) is 0 Å². The summed E-state index contributed by atoms with van der Waals surface area (Å²) < 4.78 is 0. The monoisotopic (exact) mass is 460 g/mol. The molecule has 33 heavy (non-hydrogen) atoms. The van der Waals surface area contributed by atoms with Crippen molar-refractivity contribution in [2.24, 2.45) is 46.3 Å². The van der Waals surface area contributed by atoms with E-state index in [4.69, 9.17) is 9.78 Å². The van der Waals surface area contributed by atoms with Gasteiger partial charge in [-0.2, -0.15) is 0 Å². The van der Waals surface area contributed by atoms with Crippen LogP contribution in [0, 0.1) is 46.3 Å². The lowest BCUT2D eigenvalue weighted by Crippen LogP contribution is -2.54. The van der Waals surface area contributed by atoms with E-state index in [0.29, 0.717) is 29.1 Å². The zero-order valence-electron chi connectivity index (χ0n) is 22.2. The van der Waals surface area contributed by atoms with E-state index in [9.17, 15) is 9.90 Å². The number of hydrogen-bond acceptors (Lipinski definition) is 3. The zero-order chi connectivity index (χ0) is 24.2. The van der Waals surface area contributed by atoms with Crippen molar-refractivity contribution in [1.29, 1.82) is 0 Å². The van der Waals surface area contributed by atoms with Gasteiger partial charge in [0.15, 0.2) is 0 Å². The third kappa shape index (κ3) is 4.56. The first-order valence-electron chi connectivity index (χ1n) is 13.6. The average Bonchev–Trinajstić information content (AvgIpc) is 3.08. The standard InChI is InChI=1S/C29H48O4/c1-18-14-15-28(6)20(16-18)9-10-21-23-12-11-22(19(2)8-13-26(30)31)29(23,7)25(17-24(21)28)32-33-27(3,4)5/h17-23,25H,8-16H2,1-7H3,(H,30,31)/t18-,19-,20-,21+,22-,23+,25?,28+,29-/m1/s1. The van der Waals surface area contributed by atoms with Crippen molar-refractivity contribution in [2.45, 2.75) is 118 Å². The van der Waals surface area contributed by atoms with Crippen LogP contribution in [0.25, 0.3) is 0 Å². The van der Waals surface area contributed by atoms with Gasteiger partial charge in [0.1, 0.15) is 6.10 Å². The lowest BCUT2D eigenvalue weighted by Gasteiger charge is -2.58. The van der Waals surface area contributed by atoms with Crippen LogP contribution in [0.4, 0.5) is 0 Å². The van der Waals surface area contributed by atoms with Gasteiger partial charge in [-0.3, -0.25) is 4.79 Å². The molecule has 0 aliphatic heterocycles. The molecular formula is C29H48O4. The molecule has 0 aromatic carbocycles. The van der Waals surface area contributed by atoms with E-state index in [2.05, 4.69) is 33.8 Å². The van der Waals surface area contributed by atoms with Crippen LogP contribution in [0.2, 0.25) is 0 Å². The van der Waals surface area contributed by atoms with Gasteiger partial charge >= 0.3 is 5.97 Å². The van der Waals surface area contributed by atoms with E-state index >= 15 is 0 Å². The fraction of sp³-hybridized carbons (Fsp3) is 0.897. The van der Waals surface area contributed by atoms with Gasteiger partial charge < -0.3 is 5.11 Å². The first-order valence-corrected chi connectivity index (χ1v) is 13.6. The lowest BCUT2D eigenvalue weighted by molar-refractivity contribution is -0.385. The number of hydrogen-bond donors (Lipinski definition) is 1. The summed E-state index contributed by atoms with van der Waals surface area (Å²) in [5, 5.41) is 9.28. The van der Waals surface area contributed by atoms with Crippen LogP contribution < -0.4 is 0 Å². The van der Waals surface area contributed by atoms with Gasteiger partial charge in [-0.15, -0.1) is 0 Å². The lowest BCUT2D eigenvalue weighted by atomic mass is 9.47. The molecule has 4 aliphatic rings. The van der Waals surface area contributed by atoms with Gasteiger partial charge in [0.05, 0.1) is 5.60 Å². The predicted molar refractivity (Wildman–Crippen MR) is 131 cm³/mol. The number of carbonyl (C=O) groups is 1. The highest BCUT2D eigenvalue weighted by Gasteiger charge is 2.61. The molecule has 0 aromatic heterocycles. The Kier molecular flexibility index (Phi) is 6.86. The van der Waals surface area contributed by atoms with Crippen LogP contribution in [-0.2, 0) is 14.6 Å². The number of aliphatic carboxylic acids is 1. The Balaban J connectivity index is 1.70. The number of rotatable bonds is 6. The summed E-state index contributed by atoms with van der Waals surface area (Å²) in [5.41, 5.74) is 1.61. The molecule has 0 spiro atoms. The molecule has 3 fully saturated rings. The topological polar surface area (TPSA) is 55.8 Å². The molecule has 0 aromatic rings. The SMILES string of the molecule is C[C@@H]1CC[C@]2(C)C3=CC(OOC(C)(C)C)[C@]4(C)[C@@H]([C@H](C)CCC(=O)O)CC[C@H]4[C@@H]3CC[C@@H]2C1. The van der Waals surface area contributed by atoms with Crippen LogP contribution in [0.1, 0.15) is 106 Å². The fourth-order valence-corrected chi connectivity index (χ4v) is 8.56. The summed E-state index contributed by atoms with van der Waals surface area (Å²) in [6, 6.07) is 0. The van der Waals surface area contributed by atoms with E-state index in [1.54, 1.807) is 5.57 Å². The summed E-state index contributed by atoms with van der Waals surface area (Å²) in [6.07, 6.45) is 12.5. The second kappa shape index (κ2) is 8.97. The van der Waals surface area contributed by atoms with Gasteiger partial charge in [0.2, 0.25) is 0 Å². The molecule has 4 aliphatic carbocycles. The van der Waals surface area contributed by atoms with E-state index < -0.39 is 5.97 Å². The maximum absolute atomic E-state index is 11.3. The molecule has 0 heterocycles. The average molecular weight is 461 g/mol. The summed E-state index contributed by atoms with van der Waals surface area (Å²) in [4.78, 5) is 23.7. The zero-order valence-corrected chi connectivity index (χ0v) is 22.2. The Morgan fingerprint density at radius 1 is 1.18 bits per heavy atom. The van der Waals surface area contributed by atoms with Crippen LogP contribution >= 0.6 is 0 Å². The Morgan fingerprint density at radius 2 is 1.91 bits per heavy atom. The van der Waals surface area contributed by atoms with Crippen molar-refractivity contribution in [3.05, 3.63) is 11.6 Å². The van der Waals surface area contributed by atoms with Gasteiger partial charge in [0.25, 0.3) is 0 Å². The largest absolute Gasteiger partial charge is 0.481 e. The van der Waals surface area contributed by atoms with Gasteiger partial charge in [-0.25, -0.2) is 9.78 Å². The number of allylic oxidation sites excluding steroid dienone is 1. The summed E-state index contributed by atoms with van der Waals surface area (Å²) in [7, 11) is 0. The molecule has 1 N–H and O–H groups in total. The van der Waals surface area contributed by atoms with Crippen molar-refractivity contribution in [3.8, 4) is 0 Å². The highest BCUT2D eigenvalue weighted by atomic mass is 17.2. The Morgan fingerprint density at radius 3 is 2.58 bits per heavy atom. The number of carboxylic acids is 1. The van der Waals surface area contributed by atoms with Crippen LogP contribution in [-0.4, -0.2) is 22.8 Å². The van der Waals surface area contributed by atoms with Crippen molar-refractivity contribution >= 4 is 5.97 Å². The van der Waals surface area contributed by atoms with Crippen molar-refractivity contribution < 1.29 is 19.7 Å². The third-order valence-corrected chi connectivity index (χ3v) is 10.3. The van der Waals surface area contributed by atoms with E-state index in [1.165, 1.54) is 44.9 Å². The number of carboxylic acid groups (broad SMARTS) is 1. The smallest absolute Gasteiger partial charge is 0.303 e. The molecule has 9 atom stereocenters. The van der Waals surface area contributed by atoms with E-state index in [1.807, 2.05) is 20.8 Å². The normalized spacial score (nSPS) is 43.8. The Labute approximate surface area is 201 Å². The minimum atomic E-state index is -0.686. The predicted octanol–water partition coefficient (Wildman–Crippen LogP) is 7.43. The molecule has 3 saturated carbocycles. The first kappa shape index (κ1) is 25.2. The molecule has 0 bridgehead atoms. The summed E-state index contributed by atoms with van der Waals surface area (Å²) in [6.45, 7) is 15.8. The molecule has 0 radical (unpaired) electrons. The molecule has 4 nitrogen and oxygen atoms in total. The highest BCUT2D eigenvalue weighted by molar-refractivity contribution is 5.66.